The van der Waals surface area contributed by atoms with Crippen molar-refractivity contribution in [2.75, 3.05) is 6.26 Å². The van der Waals surface area contributed by atoms with E-state index in [1.54, 1.807) is 54.8 Å². The minimum absolute atomic E-state index is 0.233. The molecule has 2 heterocycles. The lowest BCUT2D eigenvalue weighted by Crippen LogP contribution is -1.96. The first-order valence-electron chi connectivity index (χ1n) is 8.12. The molecule has 0 unspecified atom stereocenters. The summed E-state index contributed by atoms with van der Waals surface area (Å²) in [4.78, 5) is 8.07. The van der Waals surface area contributed by atoms with Crippen molar-refractivity contribution in [2.24, 2.45) is 0 Å². The van der Waals surface area contributed by atoms with Crippen LogP contribution in [0, 0.1) is 5.82 Å². The number of sulfone groups is 1. The average Bonchev–Trinajstić information content (AvgIpc) is 3.31. The Morgan fingerprint density at radius 2 is 1.63 bits per heavy atom. The SMILES string of the molecule is CS(=O)(=O)c1ccc(-c2nc(-c3ccco3)[nH]c2-c2ccc(F)cc2)cc1. The predicted molar refractivity (Wildman–Crippen MR) is 100 cm³/mol. The lowest BCUT2D eigenvalue weighted by atomic mass is 10.1. The van der Waals surface area contributed by atoms with Crippen LogP contribution in [-0.2, 0) is 9.84 Å². The highest BCUT2D eigenvalue weighted by Crippen LogP contribution is 2.33. The van der Waals surface area contributed by atoms with E-state index in [9.17, 15) is 12.8 Å². The van der Waals surface area contributed by atoms with E-state index in [4.69, 9.17) is 4.42 Å². The molecule has 0 fully saturated rings. The molecule has 0 saturated carbocycles. The topological polar surface area (TPSA) is 76.0 Å². The molecule has 0 aliphatic carbocycles. The number of aromatic amines is 1. The van der Waals surface area contributed by atoms with E-state index in [1.165, 1.54) is 12.1 Å². The van der Waals surface area contributed by atoms with Crippen LogP contribution < -0.4 is 0 Å². The molecule has 27 heavy (non-hydrogen) atoms. The van der Waals surface area contributed by atoms with E-state index < -0.39 is 9.84 Å². The summed E-state index contributed by atoms with van der Waals surface area (Å²) in [6, 6.07) is 16.1. The van der Waals surface area contributed by atoms with Crippen LogP contribution in [0.2, 0.25) is 0 Å². The van der Waals surface area contributed by atoms with Gasteiger partial charge in [0.15, 0.2) is 21.4 Å². The molecular weight excluding hydrogens is 367 g/mol. The fourth-order valence-corrected chi connectivity index (χ4v) is 3.43. The largest absolute Gasteiger partial charge is 0.461 e. The number of benzene rings is 2. The van der Waals surface area contributed by atoms with Gasteiger partial charge in [0.2, 0.25) is 0 Å². The first-order chi connectivity index (χ1) is 12.9. The minimum atomic E-state index is -3.28. The molecule has 0 atom stereocenters. The summed E-state index contributed by atoms with van der Waals surface area (Å²) < 4.78 is 42.1. The van der Waals surface area contributed by atoms with Crippen LogP contribution in [-0.4, -0.2) is 24.6 Å². The van der Waals surface area contributed by atoms with Gasteiger partial charge in [0, 0.05) is 17.4 Å². The Morgan fingerprint density at radius 3 is 2.22 bits per heavy atom. The summed E-state index contributed by atoms with van der Waals surface area (Å²) in [7, 11) is -3.28. The highest BCUT2D eigenvalue weighted by atomic mass is 32.2. The molecule has 4 aromatic rings. The normalized spacial score (nSPS) is 11.6. The first kappa shape index (κ1) is 17.2. The molecule has 2 aromatic carbocycles. The molecule has 0 bridgehead atoms. The van der Waals surface area contributed by atoms with Gasteiger partial charge in [-0.3, -0.25) is 0 Å². The quantitative estimate of drug-likeness (QED) is 0.562. The van der Waals surface area contributed by atoms with Crippen molar-refractivity contribution in [2.45, 2.75) is 4.90 Å². The molecule has 0 aliphatic heterocycles. The number of aromatic nitrogens is 2. The summed E-state index contributed by atoms with van der Waals surface area (Å²) in [6.07, 6.45) is 2.71. The number of hydrogen-bond donors (Lipinski definition) is 1. The van der Waals surface area contributed by atoms with Crippen LogP contribution in [0.15, 0.2) is 76.2 Å². The Labute approximate surface area is 155 Å². The second-order valence-electron chi connectivity index (χ2n) is 6.09. The summed E-state index contributed by atoms with van der Waals surface area (Å²) in [6.45, 7) is 0. The van der Waals surface area contributed by atoms with Gasteiger partial charge in [0.05, 0.1) is 22.5 Å². The van der Waals surface area contributed by atoms with Gasteiger partial charge in [-0.15, -0.1) is 0 Å². The summed E-state index contributed by atoms with van der Waals surface area (Å²) in [5.74, 6) is 0.766. The number of halogens is 1. The van der Waals surface area contributed by atoms with Gasteiger partial charge in [0.25, 0.3) is 0 Å². The molecule has 0 aliphatic rings. The molecule has 0 saturated heterocycles. The number of rotatable bonds is 4. The second-order valence-corrected chi connectivity index (χ2v) is 8.11. The molecule has 7 heteroatoms. The third kappa shape index (κ3) is 3.41. The molecule has 0 amide bonds. The number of H-pyrrole nitrogens is 1. The van der Waals surface area contributed by atoms with Gasteiger partial charge < -0.3 is 9.40 Å². The molecule has 2 aromatic heterocycles. The van der Waals surface area contributed by atoms with E-state index in [2.05, 4.69) is 9.97 Å². The third-order valence-corrected chi connectivity index (χ3v) is 5.28. The first-order valence-corrected chi connectivity index (χ1v) is 10.0. The van der Waals surface area contributed by atoms with Crippen LogP contribution in [0.3, 0.4) is 0 Å². The zero-order valence-electron chi connectivity index (χ0n) is 14.3. The van der Waals surface area contributed by atoms with Gasteiger partial charge in [-0.25, -0.2) is 17.8 Å². The van der Waals surface area contributed by atoms with Gasteiger partial charge in [0.1, 0.15) is 5.82 Å². The van der Waals surface area contributed by atoms with Crippen molar-refractivity contribution >= 4 is 9.84 Å². The predicted octanol–water partition coefficient (Wildman–Crippen LogP) is 4.55. The van der Waals surface area contributed by atoms with Crippen molar-refractivity contribution < 1.29 is 17.2 Å². The molecule has 0 spiro atoms. The van der Waals surface area contributed by atoms with Crippen LogP contribution in [0.25, 0.3) is 34.1 Å². The maximum Gasteiger partial charge on any atom is 0.175 e. The number of hydrogen-bond acceptors (Lipinski definition) is 4. The van der Waals surface area contributed by atoms with E-state index in [0.717, 1.165) is 17.4 Å². The average molecular weight is 382 g/mol. The third-order valence-electron chi connectivity index (χ3n) is 4.15. The van der Waals surface area contributed by atoms with Crippen molar-refractivity contribution in [3.8, 4) is 34.1 Å². The van der Waals surface area contributed by atoms with Crippen LogP contribution in [0.1, 0.15) is 0 Å². The highest BCUT2D eigenvalue weighted by molar-refractivity contribution is 7.90. The van der Waals surface area contributed by atoms with Crippen LogP contribution in [0.5, 0.6) is 0 Å². The van der Waals surface area contributed by atoms with Crippen molar-refractivity contribution in [1.29, 1.82) is 0 Å². The zero-order valence-corrected chi connectivity index (χ0v) is 15.1. The Kier molecular flexibility index (Phi) is 4.16. The highest BCUT2D eigenvalue weighted by Gasteiger charge is 2.17. The number of imidazole rings is 1. The number of furan rings is 1. The van der Waals surface area contributed by atoms with E-state index in [-0.39, 0.29) is 10.7 Å². The maximum atomic E-state index is 13.3. The molecule has 4 rings (SSSR count). The summed E-state index contributed by atoms with van der Waals surface area (Å²) in [5, 5.41) is 0. The Bertz CT molecular complexity index is 1180. The smallest absolute Gasteiger partial charge is 0.175 e. The van der Waals surface area contributed by atoms with Crippen molar-refractivity contribution in [3.05, 3.63) is 72.7 Å². The number of nitrogens with zero attached hydrogens (tertiary/aromatic N) is 1. The summed E-state index contributed by atoms with van der Waals surface area (Å²) in [5.41, 5.74) is 2.79. The van der Waals surface area contributed by atoms with Crippen molar-refractivity contribution in [1.82, 2.24) is 9.97 Å². The molecule has 136 valence electrons. The van der Waals surface area contributed by atoms with Gasteiger partial charge in [-0.2, -0.15) is 0 Å². The second kappa shape index (κ2) is 6.51. The Hall–Kier alpha value is -3.19. The fraction of sp³-hybridized carbons (Fsp3) is 0.0500. The lowest BCUT2D eigenvalue weighted by molar-refractivity contribution is 0.578. The van der Waals surface area contributed by atoms with Gasteiger partial charge in [-0.1, -0.05) is 12.1 Å². The molecule has 0 radical (unpaired) electrons. The molecular formula is C20H15FN2O3S. The van der Waals surface area contributed by atoms with E-state index in [1.807, 2.05) is 0 Å². The number of nitrogens with one attached hydrogen (secondary N) is 1. The van der Waals surface area contributed by atoms with Gasteiger partial charge in [-0.05, 0) is 48.5 Å². The van der Waals surface area contributed by atoms with E-state index in [0.29, 0.717) is 23.0 Å². The fourth-order valence-electron chi connectivity index (χ4n) is 2.80. The zero-order chi connectivity index (χ0) is 19.0. The van der Waals surface area contributed by atoms with Crippen LogP contribution >= 0.6 is 0 Å². The lowest BCUT2D eigenvalue weighted by Gasteiger charge is -2.04. The van der Waals surface area contributed by atoms with Crippen molar-refractivity contribution in [3.63, 3.8) is 0 Å². The monoisotopic (exact) mass is 382 g/mol. The molecule has 1 N–H and O–H groups in total. The maximum absolute atomic E-state index is 13.3. The van der Waals surface area contributed by atoms with Gasteiger partial charge >= 0.3 is 0 Å². The van der Waals surface area contributed by atoms with E-state index >= 15 is 0 Å². The standard InChI is InChI=1S/C20H15FN2O3S/c1-27(24,25)16-10-6-14(7-11-16)19-18(13-4-8-15(21)9-5-13)22-20(23-19)17-3-2-12-26-17/h2-12H,1H3,(H,22,23). The Morgan fingerprint density at radius 1 is 0.963 bits per heavy atom. The minimum Gasteiger partial charge on any atom is -0.461 e. The van der Waals surface area contributed by atoms with Crippen LogP contribution in [0.4, 0.5) is 4.39 Å². The summed E-state index contributed by atoms with van der Waals surface area (Å²) >= 11 is 0. The molecule has 5 nitrogen and oxygen atoms in total. The Balaban J connectivity index is 1.86.